The van der Waals surface area contributed by atoms with E-state index in [-0.39, 0.29) is 0 Å². The number of rotatable bonds is 2. The molecule has 0 aliphatic carbocycles. The molecule has 118 valence electrons. The van der Waals surface area contributed by atoms with Gasteiger partial charge in [-0.05, 0) is 36.6 Å². The summed E-state index contributed by atoms with van der Waals surface area (Å²) in [7, 11) is -5.27. The summed E-state index contributed by atoms with van der Waals surface area (Å²) in [5, 5.41) is 0. The smallest absolute Gasteiger partial charge is 0.371 e. The highest BCUT2D eigenvalue weighted by atomic mass is 79.9. The molecule has 8 heteroatoms. The van der Waals surface area contributed by atoms with Crippen LogP contribution in [0.25, 0.3) is 0 Å². The summed E-state index contributed by atoms with van der Waals surface area (Å²) in [6.45, 7) is 3.65. The van der Waals surface area contributed by atoms with Crippen LogP contribution in [0, 0.1) is 5.92 Å². The second-order valence-electron chi connectivity index (χ2n) is 5.17. The molecule has 1 saturated heterocycles. The molecule has 0 radical (unpaired) electrons. The summed E-state index contributed by atoms with van der Waals surface area (Å²) >= 11 is 3.58. The van der Waals surface area contributed by atoms with Crippen LogP contribution in [0.15, 0.2) is 29.2 Å². The number of sulfone groups is 1. The quantitative estimate of drug-likeness (QED) is 0.730. The van der Waals surface area contributed by atoms with Crippen molar-refractivity contribution in [2.45, 2.75) is 28.6 Å². The first-order chi connectivity index (χ1) is 9.63. The molecular weight excluding hydrogens is 371 g/mol. The summed E-state index contributed by atoms with van der Waals surface area (Å²) in [6, 6.07) is 4.89. The molecule has 3 nitrogen and oxygen atoms in total. The van der Waals surface area contributed by atoms with Gasteiger partial charge in [-0.1, -0.05) is 22.9 Å². The normalized spacial score (nSPS) is 24.1. The third kappa shape index (κ3) is 3.36. The molecule has 2 atom stereocenters. The Balaban J connectivity index is 2.21. The topological polar surface area (TPSA) is 37.4 Å². The van der Waals surface area contributed by atoms with Crippen molar-refractivity contribution in [2.75, 3.05) is 18.0 Å². The third-order valence-corrected chi connectivity index (χ3v) is 6.48. The fraction of sp³-hybridized carbons (Fsp3) is 0.538. The third-order valence-electron chi connectivity index (χ3n) is 3.62. The molecule has 1 aromatic rings. The van der Waals surface area contributed by atoms with Crippen LogP contribution >= 0.6 is 15.9 Å². The summed E-state index contributed by atoms with van der Waals surface area (Å²) in [5.41, 5.74) is -4.53. The highest BCUT2D eigenvalue weighted by molar-refractivity contribution is 9.09. The maximum Gasteiger partial charge on any atom is 0.501 e. The van der Waals surface area contributed by atoms with Crippen molar-refractivity contribution in [3.63, 3.8) is 0 Å². The monoisotopic (exact) mass is 385 g/mol. The molecular formula is C13H15BrF3NO2S. The van der Waals surface area contributed by atoms with Gasteiger partial charge in [0.2, 0.25) is 0 Å². The van der Waals surface area contributed by atoms with Crippen LogP contribution in [0.3, 0.4) is 0 Å². The van der Waals surface area contributed by atoms with Gasteiger partial charge in [-0.2, -0.15) is 13.2 Å². The number of nitrogens with zero attached hydrogens (tertiary/aromatic N) is 1. The standard InChI is InChI=1S/C13H15BrF3NO2S/c1-9-8-18(7-6-12(9)14)10-2-4-11(5-3-10)21(19,20)13(15,16)17/h2-5,9,12H,6-8H2,1H3. The average molecular weight is 386 g/mol. The first kappa shape index (κ1) is 16.6. The Kier molecular flexibility index (Phi) is 4.58. The second-order valence-corrected chi connectivity index (χ2v) is 8.29. The van der Waals surface area contributed by atoms with E-state index in [0.29, 0.717) is 10.7 Å². The van der Waals surface area contributed by atoms with E-state index in [1.807, 2.05) is 4.90 Å². The lowest BCUT2D eigenvalue weighted by Gasteiger charge is -2.36. The molecule has 1 aromatic carbocycles. The molecule has 0 spiro atoms. The molecule has 0 N–H and O–H groups in total. The van der Waals surface area contributed by atoms with Crippen LogP contribution in [0.4, 0.5) is 18.9 Å². The molecule has 21 heavy (non-hydrogen) atoms. The zero-order valence-electron chi connectivity index (χ0n) is 11.3. The zero-order valence-corrected chi connectivity index (χ0v) is 13.7. The van der Waals surface area contributed by atoms with E-state index >= 15 is 0 Å². The molecule has 2 unspecified atom stereocenters. The summed E-state index contributed by atoms with van der Waals surface area (Å²) in [6.07, 6.45) is 0.934. The fourth-order valence-electron chi connectivity index (χ4n) is 2.32. The lowest BCUT2D eigenvalue weighted by atomic mass is 9.99. The number of alkyl halides is 4. The van der Waals surface area contributed by atoms with Gasteiger partial charge in [-0.25, -0.2) is 8.42 Å². The molecule has 0 saturated carbocycles. The maximum absolute atomic E-state index is 12.5. The van der Waals surface area contributed by atoms with Gasteiger partial charge in [-0.15, -0.1) is 0 Å². The highest BCUT2D eigenvalue weighted by Crippen LogP contribution is 2.32. The van der Waals surface area contributed by atoms with Crippen LogP contribution in [0.1, 0.15) is 13.3 Å². The Morgan fingerprint density at radius 2 is 1.81 bits per heavy atom. The van der Waals surface area contributed by atoms with Crippen LogP contribution in [-0.4, -0.2) is 31.8 Å². The van der Waals surface area contributed by atoms with Crippen molar-refractivity contribution in [2.24, 2.45) is 5.92 Å². The zero-order chi connectivity index (χ0) is 15.8. The molecule has 0 aromatic heterocycles. The number of hydrogen-bond acceptors (Lipinski definition) is 3. The minimum absolute atomic E-state index is 0.414. The summed E-state index contributed by atoms with van der Waals surface area (Å²) < 4.78 is 60.0. The first-order valence-electron chi connectivity index (χ1n) is 6.43. The van der Waals surface area contributed by atoms with E-state index in [2.05, 4.69) is 22.9 Å². The summed E-state index contributed by atoms with van der Waals surface area (Å²) in [5.74, 6) is 0.414. The van der Waals surface area contributed by atoms with Gasteiger partial charge in [0.25, 0.3) is 9.84 Å². The average Bonchev–Trinajstić information content (AvgIpc) is 2.41. The van der Waals surface area contributed by atoms with Gasteiger partial charge in [-0.3, -0.25) is 0 Å². The lowest BCUT2D eigenvalue weighted by Crippen LogP contribution is -2.39. The Labute approximate surface area is 130 Å². The Hall–Kier alpha value is -0.760. The lowest BCUT2D eigenvalue weighted by molar-refractivity contribution is -0.0436. The fourth-order valence-corrected chi connectivity index (χ4v) is 3.45. The van der Waals surface area contributed by atoms with Crippen molar-refractivity contribution in [3.05, 3.63) is 24.3 Å². The Morgan fingerprint density at radius 3 is 2.29 bits per heavy atom. The van der Waals surface area contributed by atoms with Crippen molar-refractivity contribution in [1.82, 2.24) is 0 Å². The van der Waals surface area contributed by atoms with Crippen LogP contribution in [0.2, 0.25) is 0 Å². The molecule has 1 fully saturated rings. The number of hydrogen-bond donors (Lipinski definition) is 0. The van der Waals surface area contributed by atoms with E-state index < -0.39 is 20.2 Å². The highest BCUT2D eigenvalue weighted by Gasteiger charge is 2.46. The number of benzene rings is 1. The van der Waals surface area contributed by atoms with Crippen LogP contribution in [-0.2, 0) is 9.84 Å². The summed E-state index contributed by atoms with van der Waals surface area (Å²) in [4.78, 5) is 1.76. The predicted molar refractivity (Wildman–Crippen MR) is 78.4 cm³/mol. The number of anilines is 1. The maximum atomic E-state index is 12.5. The molecule has 0 bridgehead atoms. The van der Waals surface area contributed by atoms with Gasteiger partial charge in [0.15, 0.2) is 0 Å². The van der Waals surface area contributed by atoms with Gasteiger partial charge >= 0.3 is 5.51 Å². The van der Waals surface area contributed by atoms with Gasteiger partial charge in [0, 0.05) is 23.6 Å². The molecule has 1 aliphatic rings. The van der Waals surface area contributed by atoms with Crippen molar-refractivity contribution in [1.29, 1.82) is 0 Å². The number of halogens is 4. The van der Waals surface area contributed by atoms with Crippen LogP contribution in [0.5, 0.6) is 0 Å². The SMILES string of the molecule is CC1CN(c2ccc(S(=O)(=O)C(F)(F)F)cc2)CCC1Br. The van der Waals surface area contributed by atoms with E-state index in [9.17, 15) is 21.6 Å². The molecule has 0 amide bonds. The van der Waals surface area contributed by atoms with Crippen molar-refractivity contribution in [3.8, 4) is 0 Å². The van der Waals surface area contributed by atoms with Crippen molar-refractivity contribution >= 4 is 31.5 Å². The van der Waals surface area contributed by atoms with Crippen LogP contribution < -0.4 is 4.90 Å². The van der Waals surface area contributed by atoms with Gasteiger partial charge in [0.1, 0.15) is 0 Å². The first-order valence-corrected chi connectivity index (χ1v) is 8.83. The van der Waals surface area contributed by atoms with Gasteiger partial charge < -0.3 is 4.90 Å². The number of piperidine rings is 1. The van der Waals surface area contributed by atoms with Crippen molar-refractivity contribution < 1.29 is 21.6 Å². The van der Waals surface area contributed by atoms with E-state index in [0.717, 1.165) is 37.3 Å². The Bertz CT molecular complexity index is 601. The predicted octanol–water partition coefficient (Wildman–Crippen LogP) is 3.59. The minimum atomic E-state index is -5.27. The Morgan fingerprint density at radius 1 is 1.24 bits per heavy atom. The molecule has 2 rings (SSSR count). The molecule has 1 aliphatic heterocycles. The van der Waals surface area contributed by atoms with E-state index in [4.69, 9.17) is 0 Å². The van der Waals surface area contributed by atoms with E-state index in [1.54, 1.807) is 0 Å². The minimum Gasteiger partial charge on any atom is -0.371 e. The van der Waals surface area contributed by atoms with Gasteiger partial charge in [0.05, 0.1) is 4.90 Å². The van der Waals surface area contributed by atoms with E-state index in [1.165, 1.54) is 12.1 Å². The molecule has 1 heterocycles. The largest absolute Gasteiger partial charge is 0.501 e. The second kappa shape index (κ2) is 5.79.